The van der Waals surface area contributed by atoms with Gasteiger partial charge in [-0.2, -0.15) is 5.26 Å². The highest BCUT2D eigenvalue weighted by Gasteiger charge is 1.97. The third-order valence-electron chi connectivity index (χ3n) is 1.77. The molecule has 1 aromatic carbocycles. The van der Waals surface area contributed by atoms with Gasteiger partial charge in [-0.1, -0.05) is 11.6 Å². The van der Waals surface area contributed by atoms with E-state index in [2.05, 4.69) is 4.98 Å². The van der Waals surface area contributed by atoms with Gasteiger partial charge < -0.3 is 0 Å². The van der Waals surface area contributed by atoms with Crippen molar-refractivity contribution in [3.05, 3.63) is 41.0 Å². The van der Waals surface area contributed by atoms with Gasteiger partial charge >= 0.3 is 0 Å². The number of hydrogen-bond donors (Lipinski definition) is 0. The van der Waals surface area contributed by atoms with Gasteiger partial charge in [0.25, 0.3) is 0 Å². The first kappa shape index (κ1) is 8.03. The highest BCUT2D eigenvalue weighted by molar-refractivity contribution is 6.31. The molecule has 0 radical (unpaired) electrons. The Hall–Kier alpha value is -1.59. The number of nitriles is 1. The minimum Gasteiger partial charge on any atom is -0.237 e. The molecule has 1 heterocycles. The van der Waals surface area contributed by atoms with E-state index in [1.54, 1.807) is 18.2 Å². The van der Waals surface area contributed by atoms with Gasteiger partial charge in [0.05, 0.1) is 5.52 Å². The second-order valence-electron chi connectivity index (χ2n) is 2.65. The van der Waals surface area contributed by atoms with E-state index in [4.69, 9.17) is 16.9 Å². The maximum absolute atomic E-state index is 8.61. The van der Waals surface area contributed by atoms with Crippen molar-refractivity contribution in [3.8, 4) is 6.07 Å². The molecule has 0 saturated carbocycles. The number of aromatic nitrogens is 1. The van der Waals surface area contributed by atoms with E-state index in [0.29, 0.717) is 10.7 Å². The molecule has 0 unspecified atom stereocenters. The molecular formula is C10H5ClN2. The number of hydrogen-bond acceptors (Lipinski definition) is 2. The largest absolute Gasteiger partial charge is 0.237 e. The molecule has 0 atom stereocenters. The summed E-state index contributed by atoms with van der Waals surface area (Å²) in [6, 6.07) is 10.9. The minimum absolute atomic E-state index is 0.426. The van der Waals surface area contributed by atoms with E-state index in [1.807, 2.05) is 18.2 Å². The minimum atomic E-state index is 0.426. The van der Waals surface area contributed by atoms with Crippen LogP contribution in [0.2, 0.25) is 5.02 Å². The maximum atomic E-state index is 8.61. The molecule has 62 valence electrons. The van der Waals surface area contributed by atoms with Gasteiger partial charge in [0, 0.05) is 10.4 Å². The van der Waals surface area contributed by atoms with Gasteiger partial charge in [0.1, 0.15) is 11.8 Å². The van der Waals surface area contributed by atoms with Crippen LogP contribution in [-0.4, -0.2) is 4.98 Å². The summed E-state index contributed by atoms with van der Waals surface area (Å²) in [4.78, 5) is 4.12. The Morgan fingerprint density at radius 2 is 2.08 bits per heavy atom. The predicted molar refractivity (Wildman–Crippen MR) is 51.5 cm³/mol. The fourth-order valence-corrected chi connectivity index (χ4v) is 1.34. The first-order chi connectivity index (χ1) is 6.29. The summed E-state index contributed by atoms with van der Waals surface area (Å²) in [6.45, 7) is 0. The average molecular weight is 189 g/mol. The van der Waals surface area contributed by atoms with Crippen molar-refractivity contribution in [3.63, 3.8) is 0 Å². The summed E-state index contributed by atoms with van der Waals surface area (Å²) in [7, 11) is 0. The molecule has 0 aliphatic carbocycles. The van der Waals surface area contributed by atoms with Crippen LogP contribution in [0.3, 0.4) is 0 Å². The molecule has 0 fully saturated rings. The predicted octanol–water partition coefficient (Wildman–Crippen LogP) is 2.76. The van der Waals surface area contributed by atoms with Crippen molar-refractivity contribution < 1.29 is 0 Å². The van der Waals surface area contributed by atoms with Crippen molar-refractivity contribution in [2.75, 3.05) is 0 Å². The lowest BCUT2D eigenvalue weighted by Gasteiger charge is -1.96. The Kier molecular flexibility index (Phi) is 1.88. The fourth-order valence-electron chi connectivity index (χ4n) is 1.16. The lowest BCUT2D eigenvalue weighted by Crippen LogP contribution is -1.83. The molecule has 1 aromatic heterocycles. The van der Waals surface area contributed by atoms with Crippen LogP contribution in [0.4, 0.5) is 0 Å². The Balaban J connectivity index is 2.75. The lowest BCUT2D eigenvalue weighted by molar-refractivity contribution is 1.33. The summed E-state index contributed by atoms with van der Waals surface area (Å²) in [5.74, 6) is 0. The molecule has 2 aromatic rings. The number of benzene rings is 1. The van der Waals surface area contributed by atoms with Gasteiger partial charge in [-0.05, 0) is 30.3 Å². The molecule has 2 rings (SSSR count). The molecule has 0 amide bonds. The van der Waals surface area contributed by atoms with Crippen molar-refractivity contribution in [1.29, 1.82) is 5.26 Å². The zero-order chi connectivity index (χ0) is 9.26. The topological polar surface area (TPSA) is 36.7 Å². The monoisotopic (exact) mass is 188 g/mol. The second-order valence-corrected chi connectivity index (χ2v) is 3.08. The summed E-state index contributed by atoms with van der Waals surface area (Å²) in [6.07, 6.45) is 0. The van der Waals surface area contributed by atoms with Gasteiger partial charge in [0.2, 0.25) is 0 Å². The number of rotatable bonds is 0. The van der Waals surface area contributed by atoms with Crippen molar-refractivity contribution in [1.82, 2.24) is 4.98 Å². The van der Waals surface area contributed by atoms with Crippen LogP contribution in [0.1, 0.15) is 5.69 Å². The molecule has 0 aliphatic heterocycles. The van der Waals surface area contributed by atoms with E-state index < -0.39 is 0 Å². The lowest BCUT2D eigenvalue weighted by atomic mass is 10.2. The van der Waals surface area contributed by atoms with Crippen LogP contribution in [0.15, 0.2) is 30.3 Å². The highest BCUT2D eigenvalue weighted by atomic mass is 35.5. The molecule has 3 heteroatoms. The van der Waals surface area contributed by atoms with Crippen molar-refractivity contribution in [2.45, 2.75) is 0 Å². The summed E-state index contributed by atoms with van der Waals surface area (Å²) < 4.78 is 0. The van der Waals surface area contributed by atoms with E-state index in [-0.39, 0.29) is 0 Å². The first-order valence-corrected chi connectivity index (χ1v) is 4.14. The normalized spacial score (nSPS) is 9.85. The summed E-state index contributed by atoms with van der Waals surface area (Å²) in [5, 5.41) is 10.2. The number of nitrogens with zero attached hydrogens (tertiary/aromatic N) is 2. The number of fused-ring (bicyclic) bond motifs is 1. The molecule has 0 bridgehead atoms. The molecule has 0 saturated heterocycles. The molecule has 0 spiro atoms. The third kappa shape index (κ3) is 1.47. The Bertz CT molecular complexity index is 500. The standard InChI is InChI=1S/C10H5ClN2/c11-8-2-4-10-7(5-8)1-3-9(6-12)13-10/h1-5H. The van der Waals surface area contributed by atoms with Gasteiger partial charge in [-0.3, -0.25) is 0 Å². The first-order valence-electron chi connectivity index (χ1n) is 3.76. The fraction of sp³-hybridized carbons (Fsp3) is 0. The van der Waals surface area contributed by atoms with Crippen LogP contribution in [0, 0.1) is 11.3 Å². The molecule has 13 heavy (non-hydrogen) atoms. The smallest absolute Gasteiger partial charge is 0.141 e. The zero-order valence-corrected chi connectivity index (χ0v) is 7.42. The highest BCUT2D eigenvalue weighted by Crippen LogP contribution is 2.17. The molecule has 0 aliphatic rings. The molecule has 2 nitrogen and oxygen atoms in total. The van der Waals surface area contributed by atoms with Crippen molar-refractivity contribution in [2.24, 2.45) is 0 Å². The Morgan fingerprint density at radius 3 is 2.85 bits per heavy atom. The summed E-state index contributed by atoms with van der Waals surface area (Å²) >= 11 is 5.80. The van der Waals surface area contributed by atoms with E-state index in [0.717, 1.165) is 10.9 Å². The van der Waals surface area contributed by atoms with Crippen LogP contribution in [0.5, 0.6) is 0 Å². The van der Waals surface area contributed by atoms with Crippen LogP contribution >= 0.6 is 11.6 Å². The number of pyridine rings is 1. The average Bonchev–Trinajstić information content (AvgIpc) is 2.17. The molecule has 0 N–H and O–H groups in total. The quantitative estimate of drug-likeness (QED) is 0.638. The second kappa shape index (κ2) is 3.04. The third-order valence-corrected chi connectivity index (χ3v) is 2.00. The van der Waals surface area contributed by atoms with Crippen LogP contribution in [-0.2, 0) is 0 Å². The number of halogens is 1. The van der Waals surface area contributed by atoms with Gasteiger partial charge in [-0.25, -0.2) is 4.98 Å². The molecular weight excluding hydrogens is 184 g/mol. The van der Waals surface area contributed by atoms with Gasteiger partial charge in [-0.15, -0.1) is 0 Å². The summed E-state index contributed by atoms with van der Waals surface area (Å²) in [5.41, 5.74) is 1.22. The van der Waals surface area contributed by atoms with Crippen molar-refractivity contribution >= 4 is 22.5 Å². The van der Waals surface area contributed by atoms with Crippen LogP contribution < -0.4 is 0 Å². The van der Waals surface area contributed by atoms with Crippen LogP contribution in [0.25, 0.3) is 10.9 Å². The Morgan fingerprint density at radius 1 is 1.23 bits per heavy atom. The SMILES string of the molecule is N#Cc1ccc2cc(Cl)ccc2n1. The Labute approximate surface area is 80.4 Å². The van der Waals surface area contributed by atoms with E-state index in [9.17, 15) is 0 Å². The zero-order valence-electron chi connectivity index (χ0n) is 6.66. The van der Waals surface area contributed by atoms with E-state index in [1.165, 1.54) is 0 Å². The van der Waals surface area contributed by atoms with E-state index >= 15 is 0 Å². The van der Waals surface area contributed by atoms with Gasteiger partial charge in [0.15, 0.2) is 0 Å². The maximum Gasteiger partial charge on any atom is 0.141 e.